The number of hydrogen-bond acceptors (Lipinski definition) is 2. The van der Waals surface area contributed by atoms with Crippen LogP contribution in [0, 0.1) is 14.2 Å². The highest BCUT2D eigenvalue weighted by Crippen LogP contribution is 2.24. The minimum Gasteiger partial charge on any atom is -0.370 e. The number of carbonyl (C=O) groups is 1. The fourth-order valence-corrected chi connectivity index (χ4v) is 2.80. The molecule has 0 saturated carbocycles. The molecule has 2 rings (SSSR count). The number of nitrogens with zero attached hydrogens (tertiary/aromatic N) is 1. The number of nitrogens with two attached hydrogens (primary N) is 1. The molecule has 1 aromatic heterocycles. The van der Waals surface area contributed by atoms with Gasteiger partial charge in [-0.25, -0.2) is 4.39 Å². The van der Waals surface area contributed by atoms with Crippen LogP contribution in [-0.2, 0) is 4.79 Å². The Morgan fingerprint density at radius 1 is 1.67 bits per heavy atom. The number of benzene rings is 1. The maximum atomic E-state index is 13.6. The lowest BCUT2D eigenvalue weighted by molar-refractivity contribution is -0.118. The molecule has 1 heterocycles. The number of H-pyrrole nitrogens is 1. The third kappa shape index (κ3) is 2.41. The molecule has 0 radical (unpaired) electrons. The lowest BCUT2D eigenvalue weighted by Crippen LogP contribution is -2.17. The van der Waals surface area contributed by atoms with Gasteiger partial charge in [0.15, 0.2) is 4.77 Å². The zero-order valence-electron chi connectivity index (χ0n) is 9.54. The van der Waals surface area contributed by atoms with Gasteiger partial charge >= 0.3 is 0 Å². The molecule has 18 heavy (non-hydrogen) atoms. The third-order valence-electron chi connectivity index (χ3n) is 2.70. The Bertz CT molecular complexity index is 679. The van der Waals surface area contributed by atoms with Gasteiger partial charge in [-0.1, -0.05) is 0 Å². The molecule has 0 fully saturated rings. The normalized spacial score (nSPS) is 12.8. The van der Waals surface area contributed by atoms with E-state index in [0.29, 0.717) is 13.9 Å². The van der Waals surface area contributed by atoms with Crippen LogP contribution in [-0.4, -0.2) is 15.5 Å². The lowest BCUT2D eigenvalue weighted by atomic mass is 10.2. The van der Waals surface area contributed by atoms with E-state index in [-0.39, 0.29) is 18.3 Å². The van der Waals surface area contributed by atoms with Crippen molar-refractivity contribution in [1.82, 2.24) is 9.55 Å². The number of amides is 1. The van der Waals surface area contributed by atoms with Gasteiger partial charge in [0.25, 0.3) is 0 Å². The van der Waals surface area contributed by atoms with Crippen molar-refractivity contribution in [1.29, 1.82) is 0 Å². The van der Waals surface area contributed by atoms with Gasteiger partial charge in [0.1, 0.15) is 5.82 Å². The predicted molar refractivity (Wildman–Crippen MR) is 78.3 cm³/mol. The second-order valence-electron chi connectivity index (χ2n) is 4.10. The standard InChI is InChI=1S/C11H11FIN3OS/c1-5(2-10(14)17)16-9-3-6(12)7(13)4-8(9)15-11(16)18/h3-5H,2H2,1H3,(H2,14,17)(H,15,18). The Morgan fingerprint density at radius 2 is 2.33 bits per heavy atom. The summed E-state index contributed by atoms with van der Waals surface area (Å²) in [5.74, 6) is -0.721. The third-order valence-corrected chi connectivity index (χ3v) is 3.82. The van der Waals surface area contributed by atoms with Gasteiger partial charge in [0.05, 0.1) is 14.6 Å². The number of nitrogens with one attached hydrogen (secondary N) is 1. The first-order valence-electron chi connectivity index (χ1n) is 5.27. The van der Waals surface area contributed by atoms with Crippen molar-refractivity contribution in [2.24, 2.45) is 5.73 Å². The van der Waals surface area contributed by atoms with Crippen molar-refractivity contribution >= 4 is 51.7 Å². The molecule has 0 bridgehead atoms. The first kappa shape index (κ1) is 13.5. The Morgan fingerprint density at radius 3 is 2.94 bits per heavy atom. The van der Waals surface area contributed by atoms with Gasteiger partial charge in [0.2, 0.25) is 5.91 Å². The van der Waals surface area contributed by atoms with E-state index in [4.69, 9.17) is 18.0 Å². The van der Waals surface area contributed by atoms with Gasteiger partial charge in [-0.05, 0) is 47.8 Å². The summed E-state index contributed by atoms with van der Waals surface area (Å²) in [6, 6.07) is 2.90. The Kier molecular flexibility index (Phi) is 3.71. The van der Waals surface area contributed by atoms with Crippen LogP contribution in [0.1, 0.15) is 19.4 Å². The van der Waals surface area contributed by atoms with E-state index in [1.807, 2.05) is 29.5 Å². The zero-order valence-corrected chi connectivity index (χ0v) is 12.5. The van der Waals surface area contributed by atoms with Crippen LogP contribution in [0.3, 0.4) is 0 Å². The summed E-state index contributed by atoms with van der Waals surface area (Å²) in [7, 11) is 0. The summed E-state index contributed by atoms with van der Waals surface area (Å²) in [6.45, 7) is 1.82. The minimum atomic E-state index is -0.412. The highest BCUT2D eigenvalue weighted by atomic mass is 127. The summed E-state index contributed by atoms with van der Waals surface area (Å²) >= 11 is 7.12. The van der Waals surface area contributed by atoms with Crippen molar-refractivity contribution in [3.05, 3.63) is 26.3 Å². The summed E-state index contributed by atoms with van der Waals surface area (Å²) < 4.78 is 16.3. The summed E-state index contributed by atoms with van der Waals surface area (Å²) in [6.07, 6.45) is 0.162. The molecular formula is C11H11FIN3OS. The number of carbonyl (C=O) groups excluding carboxylic acids is 1. The number of rotatable bonds is 3. The van der Waals surface area contributed by atoms with Crippen molar-refractivity contribution in [3.63, 3.8) is 0 Å². The highest BCUT2D eigenvalue weighted by Gasteiger charge is 2.15. The number of hydrogen-bond donors (Lipinski definition) is 2. The van der Waals surface area contributed by atoms with Crippen LogP contribution in [0.2, 0.25) is 0 Å². The Hall–Kier alpha value is -0.960. The number of aromatic amines is 1. The van der Waals surface area contributed by atoms with Crippen LogP contribution in [0.25, 0.3) is 11.0 Å². The van der Waals surface area contributed by atoms with Crippen LogP contribution in [0.15, 0.2) is 12.1 Å². The second-order valence-corrected chi connectivity index (χ2v) is 5.65. The van der Waals surface area contributed by atoms with Crippen LogP contribution < -0.4 is 5.73 Å². The maximum Gasteiger partial charge on any atom is 0.219 e. The molecule has 1 amide bonds. The van der Waals surface area contributed by atoms with E-state index in [9.17, 15) is 9.18 Å². The smallest absolute Gasteiger partial charge is 0.219 e. The number of fused-ring (bicyclic) bond motifs is 1. The summed E-state index contributed by atoms with van der Waals surface area (Å²) in [5, 5.41) is 0. The number of primary amides is 1. The van der Waals surface area contributed by atoms with Gasteiger partial charge in [-0.2, -0.15) is 0 Å². The van der Waals surface area contributed by atoms with E-state index < -0.39 is 5.91 Å². The molecule has 0 spiro atoms. The average Bonchev–Trinajstić information content (AvgIpc) is 2.53. The predicted octanol–water partition coefficient (Wildman–Crippen LogP) is 2.88. The molecule has 1 unspecified atom stereocenters. The molecule has 0 aliphatic carbocycles. The SMILES string of the molecule is CC(CC(N)=O)n1c(=S)[nH]c2cc(I)c(F)cc21. The molecular weight excluding hydrogens is 368 g/mol. The van der Waals surface area contributed by atoms with E-state index in [1.54, 1.807) is 10.6 Å². The molecule has 96 valence electrons. The zero-order chi connectivity index (χ0) is 13.4. The van der Waals surface area contributed by atoms with Gasteiger partial charge in [-0.15, -0.1) is 0 Å². The van der Waals surface area contributed by atoms with E-state index in [1.165, 1.54) is 6.07 Å². The molecule has 4 nitrogen and oxygen atoms in total. The molecule has 0 aliphatic rings. The maximum absolute atomic E-state index is 13.6. The Labute approximate surface area is 121 Å². The van der Waals surface area contributed by atoms with Crippen molar-refractivity contribution in [2.75, 3.05) is 0 Å². The van der Waals surface area contributed by atoms with E-state index in [2.05, 4.69) is 4.98 Å². The molecule has 1 aromatic carbocycles. The lowest BCUT2D eigenvalue weighted by Gasteiger charge is -2.12. The monoisotopic (exact) mass is 379 g/mol. The van der Waals surface area contributed by atoms with Crippen molar-refractivity contribution in [3.8, 4) is 0 Å². The number of halogens is 2. The molecule has 2 aromatic rings. The number of imidazole rings is 1. The van der Waals surface area contributed by atoms with Crippen molar-refractivity contribution < 1.29 is 9.18 Å². The minimum absolute atomic E-state index is 0.162. The van der Waals surface area contributed by atoms with Crippen LogP contribution >= 0.6 is 34.8 Å². The van der Waals surface area contributed by atoms with Crippen LogP contribution in [0.5, 0.6) is 0 Å². The number of aromatic nitrogens is 2. The fraction of sp³-hybridized carbons (Fsp3) is 0.273. The molecule has 3 N–H and O–H groups in total. The van der Waals surface area contributed by atoms with E-state index >= 15 is 0 Å². The fourth-order valence-electron chi connectivity index (χ4n) is 1.94. The molecule has 1 atom stereocenters. The molecule has 7 heteroatoms. The van der Waals surface area contributed by atoms with Gasteiger partial charge in [0, 0.05) is 18.5 Å². The van der Waals surface area contributed by atoms with Gasteiger partial charge < -0.3 is 15.3 Å². The molecule has 0 aliphatic heterocycles. The molecule has 0 saturated heterocycles. The van der Waals surface area contributed by atoms with Crippen molar-refractivity contribution in [2.45, 2.75) is 19.4 Å². The largest absolute Gasteiger partial charge is 0.370 e. The summed E-state index contributed by atoms with van der Waals surface area (Å²) in [5.41, 5.74) is 6.57. The van der Waals surface area contributed by atoms with E-state index in [0.717, 1.165) is 5.52 Å². The van der Waals surface area contributed by atoms with Crippen LogP contribution in [0.4, 0.5) is 4.39 Å². The topological polar surface area (TPSA) is 63.8 Å². The van der Waals surface area contributed by atoms with Gasteiger partial charge in [-0.3, -0.25) is 4.79 Å². The summed E-state index contributed by atoms with van der Waals surface area (Å²) in [4.78, 5) is 14.0. The quantitative estimate of drug-likeness (QED) is 0.637. The highest BCUT2D eigenvalue weighted by molar-refractivity contribution is 14.1. The average molecular weight is 379 g/mol. The first-order valence-corrected chi connectivity index (χ1v) is 6.76. The second kappa shape index (κ2) is 4.96. The Balaban J connectivity index is 2.63. The first-order chi connectivity index (χ1) is 8.40.